The van der Waals surface area contributed by atoms with Crippen LogP contribution in [0.5, 0.6) is 0 Å². The largest absolute Gasteiger partial charge is 1.00 e. The topological polar surface area (TPSA) is 0 Å². The molecular weight excluding hydrogens is 562 g/mol. The van der Waals surface area contributed by atoms with Crippen molar-refractivity contribution < 1.29 is 45.8 Å². The van der Waals surface area contributed by atoms with Gasteiger partial charge in [0.25, 0.3) is 0 Å². The normalized spacial score (nSPS) is 17.9. The summed E-state index contributed by atoms with van der Waals surface area (Å²) in [5.74, 6) is 0.892. The van der Waals surface area contributed by atoms with E-state index in [4.69, 9.17) is 0 Å². The van der Waals surface area contributed by atoms with Gasteiger partial charge in [-0.1, -0.05) is 0 Å². The van der Waals surface area contributed by atoms with E-state index in [0.29, 0.717) is 0 Å². The zero-order valence-electron chi connectivity index (χ0n) is 17.0. The quantitative estimate of drug-likeness (QED) is 0.383. The Balaban J connectivity index is 0.00000120. The Labute approximate surface area is 195 Å². The molecule has 0 atom stereocenters. The minimum Gasteiger partial charge on any atom is -1.00 e. The summed E-state index contributed by atoms with van der Waals surface area (Å²) in [7, 11) is 0. The van der Waals surface area contributed by atoms with Gasteiger partial charge in [0.15, 0.2) is 0 Å². The van der Waals surface area contributed by atoms with Gasteiger partial charge in [0.2, 0.25) is 0 Å². The third-order valence-corrected chi connectivity index (χ3v) is 18.9. The van der Waals surface area contributed by atoms with Crippen molar-refractivity contribution in [3.63, 3.8) is 0 Å². The zero-order valence-corrected chi connectivity index (χ0v) is 22.1. The van der Waals surface area contributed by atoms with Crippen LogP contribution in [0.25, 0.3) is 11.1 Å². The molecule has 0 heterocycles. The van der Waals surface area contributed by atoms with Gasteiger partial charge in [-0.25, -0.2) is 0 Å². The van der Waals surface area contributed by atoms with Crippen molar-refractivity contribution >= 4 is 6.58 Å². The molecule has 0 bridgehead atoms. The van der Waals surface area contributed by atoms with Crippen LogP contribution >= 0.6 is 0 Å². The van der Waals surface area contributed by atoms with Gasteiger partial charge in [-0.05, 0) is 0 Å². The van der Waals surface area contributed by atoms with Crippen LogP contribution in [0, 0.1) is 5.92 Å². The first kappa shape index (κ1) is 22.9. The predicted octanol–water partition coefficient (Wildman–Crippen LogP) is 0.196. The summed E-state index contributed by atoms with van der Waals surface area (Å²) in [6.07, 6.45) is 18.0. The van der Waals surface area contributed by atoms with Crippen LogP contribution in [0.2, 0.25) is 3.67 Å². The molecule has 0 unspecified atom stereocenters. The summed E-state index contributed by atoms with van der Waals surface area (Å²) in [6.45, 7) is 2.56. The van der Waals surface area contributed by atoms with Gasteiger partial charge >= 0.3 is 172 Å². The van der Waals surface area contributed by atoms with Gasteiger partial charge in [-0.15, -0.1) is 0 Å². The Morgan fingerprint density at radius 1 is 0.828 bits per heavy atom. The van der Waals surface area contributed by atoms with Crippen molar-refractivity contribution in [3.8, 4) is 11.1 Å². The average Bonchev–Trinajstić information content (AvgIpc) is 3.37. The Morgan fingerprint density at radius 3 is 2.28 bits per heavy atom. The van der Waals surface area contributed by atoms with Crippen LogP contribution in [-0.2, 0) is 27.4 Å². The molecule has 5 rings (SSSR count). The molecule has 0 spiro atoms. The number of rotatable bonds is 3. The van der Waals surface area contributed by atoms with Gasteiger partial charge in [-0.3, -0.25) is 0 Å². The first-order valence-corrected chi connectivity index (χ1v) is 16.3. The molecule has 0 aromatic heterocycles. The van der Waals surface area contributed by atoms with Crippen LogP contribution in [-0.4, -0.2) is 3.26 Å². The van der Waals surface area contributed by atoms with E-state index in [2.05, 4.69) is 73.7 Å². The van der Waals surface area contributed by atoms with Crippen LogP contribution < -0.4 is 28.1 Å². The van der Waals surface area contributed by atoms with Gasteiger partial charge in [0.05, 0.1) is 0 Å². The Bertz CT molecular complexity index is 952. The van der Waals surface area contributed by atoms with Crippen molar-refractivity contribution in [1.82, 2.24) is 0 Å². The van der Waals surface area contributed by atoms with Crippen molar-refractivity contribution in [2.75, 3.05) is 0 Å². The summed E-state index contributed by atoms with van der Waals surface area (Å²) in [5, 5.41) is 0. The van der Waals surface area contributed by atoms with Crippen molar-refractivity contribution in [2.24, 2.45) is 5.92 Å². The molecule has 3 heteroatoms. The number of hydrogen-bond donors (Lipinski definition) is 0. The number of hydrogen-bond acceptors (Lipinski definition) is 0. The molecule has 2 aromatic carbocycles. The molecule has 29 heavy (non-hydrogen) atoms. The van der Waals surface area contributed by atoms with Crippen molar-refractivity contribution in [2.45, 2.75) is 49.1 Å². The number of fused-ring (bicyclic) bond motifs is 3. The summed E-state index contributed by atoms with van der Waals surface area (Å²) >= 11 is -2.19. The molecule has 0 saturated heterocycles. The minimum absolute atomic E-state index is 0. The van der Waals surface area contributed by atoms with Crippen LogP contribution in [0.1, 0.15) is 50.2 Å². The van der Waals surface area contributed by atoms with Gasteiger partial charge < -0.3 is 24.8 Å². The van der Waals surface area contributed by atoms with E-state index in [9.17, 15) is 0 Å². The molecule has 2 aromatic rings. The van der Waals surface area contributed by atoms with Gasteiger partial charge in [0.1, 0.15) is 0 Å². The fourth-order valence-electron chi connectivity index (χ4n) is 5.44. The maximum Gasteiger partial charge on any atom is -1.00 e. The maximum atomic E-state index is 2.56. The molecule has 0 amide bonds. The van der Waals surface area contributed by atoms with Gasteiger partial charge in [-0.2, -0.15) is 0 Å². The number of benzene rings is 2. The predicted molar refractivity (Wildman–Crippen MR) is 114 cm³/mol. The van der Waals surface area contributed by atoms with E-state index >= 15 is 0 Å². The number of allylic oxidation sites excluding steroid dienone is 4. The first-order valence-electron chi connectivity index (χ1n) is 10.6. The van der Waals surface area contributed by atoms with E-state index in [1.807, 2.05) is 3.26 Å². The Morgan fingerprint density at radius 2 is 1.52 bits per heavy atom. The molecule has 0 aliphatic heterocycles. The summed E-state index contributed by atoms with van der Waals surface area (Å²) in [4.78, 5) is 0. The molecule has 3 aliphatic rings. The standard InChI is InChI=1S/C13H9.C8H14.C5H5.2ClH.Hf/c1-3-7-12-10(5-1)9-11-6-2-4-8-13(11)12;1-2-8-6-4-3-5-7-8;1-2-4-5-3-1;;;/h1-5,7-8H,9H2;8H,3-7H2,1H3;1-5H;2*1H;/q;;;;;+2/p-2. The molecular formula is C26H28Cl2Hf. The van der Waals surface area contributed by atoms with E-state index in [-0.39, 0.29) is 24.8 Å². The molecule has 0 nitrogen and oxygen atoms in total. The molecule has 0 N–H and O–H groups in total. The van der Waals surface area contributed by atoms with Crippen molar-refractivity contribution in [1.29, 1.82) is 0 Å². The van der Waals surface area contributed by atoms with E-state index in [0.717, 1.165) is 16.0 Å². The average molecular weight is 590 g/mol. The zero-order chi connectivity index (χ0) is 18.2. The molecule has 150 valence electrons. The summed E-state index contributed by atoms with van der Waals surface area (Å²) in [5.41, 5.74) is 6.20. The van der Waals surface area contributed by atoms with E-state index < -0.39 is 21.0 Å². The van der Waals surface area contributed by atoms with Crippen LogP contribution in [0.3, 0.4) is 0 Å². The smallest absolute Gasteiger partial charge is 1.00 e. The van der Waals surface area contributed by atoms with Crippen molar-refractivity contribution in [3.05, 3.63) is 77.9 Å². The molecule has 1 fully saturated rings. The van der Waals surface area contributed by atoms with Crippen LogP contribution in [0.15, 0.2) is 66.8 Å². The fourth-order valence-corrected chi connectivity index (χ4v) is 17.9. The Hall–Kier alpha value is -0.760. The second kappa shape index (κ2) is 10.0. The summed E-state index contributed by atoms with van der Waals surface area (Å²) < 4.78 is 4.45. The first-order chi connectivity index (χ1) is 13.3. The fraction of sp³-hybridized carbons (Fsp3) is 0.346. The van der Waals surface area contributed by atoms with Crippen LogP contribution in [0.4, 0.5) is 0 Å². The van der Waals surface area contributed by atoms with E-state index in [1.54, 1.807) is 8.88 Å². The van der Waals surface area contributed by atoms with Gasteiger partial charge in [0, 0.05) is 0 Å². The second-order valence-electron chi connectivity index (χ2n) is 8.39. The monoisotopic (exact) mass is 590 g/mol. The molecule has 3 aliphatic carbocycles. The minimum atomic E-state index is -2.19. The maximum absolute atomic E-state index is 2.56. The second-order valence-corrected chi connectivity index (χ2v) is 18.5. The molecule has 1 saturated carbocycles. The SMILES string of the molecule is C[C](C1CCCCC1)=[Hf+2]([c]1cccc2c1Cc1ccccc1-2)[CH]1C=CC=C1.[Cl-].[Cl-]. The number of halogens is 2. The Kier molecular flexibility index (Phi) is 7.93. The third kappa shape index (κ3) is 4.34. The molecule has 0 radical (unpaired) electrons. The third-order valence-electron chi connectivity index (χ3n) is 6.86. The van der Waals surface area contributed by atoms with E-state index in [1.165, 1.54) is 48.8 Å². The summed E-state index contributed by atoms with van der Waals surface area (Å²) in [6, 6.07) is 16.3.